The molecule has 0 amide bonds. The number of hydrogen-bond donors (Lipinski definition) is 2. The molecule has 1 aliphatic heterocycles. The van der Waals surface area contributed by atoms with Gasteiger partial charge in [0, 0.05) is 12.6 Å². The molecular formula is C11H22N2. The second-order valence-electron chi connectivity index (χ2n) is 3.98. The summed E-state index contributed by atoms with van der Waals surface area (Å²) in [5.74, 6) is 0. The molecule has 1 atom stereocenters. The Hall–Kier alpha value is -0.500. The van der Waals surface area contributed by atoms with Gasteiger partial charge in [-0.2, -0.15) is 0 Å². The van der Waals surface area contributed by atoms with Gasteiger partial charge in [0.15, 0.2) is 0 Å². The first kappa shape index (κ1) is 10.6. The standard InChI is InChI=1S/C11H22N2/c1-10(12)11-7-5-3-2-4-6-8-13-9-11/h9-10,13H,2-8,12H2,1H3/b11-9+. The summed E-state index contributed by atoms with van der Waals surface area (Å²) in [5.41, 5.74) is 7.25. The van der Waals surface area contributed by atoms with E-state index in [1.165, 1.54) is 44.1 Å². The van der Waals surface area contributed by atoms with Crippen molar-refractivity contribution in [3.8, 4) is 0 Å². The predicted molar refractivity (Wildman–Crippen MR) is 57.4 cm³/mol. The average Bonchev–Trinajstić information content (AvgIpc) is 2.14. The Kier molecular flexibility index (Phi) is 4.91. The van der Waals surface area contributed by atoms with E-state index in [0.717, 1.165) is 6.54 Å². The minimum atomic E-state index is 0.215. The summed E-state index contributed by atoms with van der Waals surface area (Å²) in [7, 11) is 0. The molecule has 0 aromatic rings. The SMILES string of the molecule is CC(N)/C1=C/NCCCCCCC1. The Morgan fingerprint density at radius 2 is 1.92 bits per heavy atom. The second kappa shape index (κ2) is 6.03. The highest BCUT2D eigenvalue weighted by Gasteiger charge is 2.04. The largest absolute Gasteiger partial charge is 0.391 e. The van der Waals surface area contributed by atoms with Crippen molar-refractivity contribution >= 4 is 0 Å². The Bertz CT molecular complexity index is 161. The summed E-state index contributed by atoms with van der Waals surface area (Å²) in [6.07, 6.45) is 10.0. The molecule has 3 N–H and O–H groups in total. The van der Waals surface area contributed by atoms with E-state index in [0.29, 0.717) is 0 Å². The fourth-order valence-electron chi connectivity index (χ4n) is 1.72. The molecule has 1 aliphatic rings. The van der Waals surface area contributed by atoms with Crippen LogP contribution < -0.4 is 11.1 Å². The van der Waals surface area contributed by atoms with Crippen LogP contribution in [0.3, 0.4) is 0 Å². The van der Waals surface area contributed by atoms with Gasteiger partial charge in [0.1, 0.15) is 0 Å². The highest BCUT2D eigenvalue weighted by atomic mass is 14.8. The summed E-state index contributed by atoms with van der Waals surface area (Å²) < 4.78 is 0. The zero-order valence-corrected chi connectivity index (χ0v) is 8.68. The molecule has 76 valence electrons. The first-order valence-electron chi connectivity index (χ1n) is 5.48. The van der Waals surface area contributed by atoms with E-state index in [4.69, 9.17) is 5.73 Å². The molecule has 1 heterocycles. The van der Waals surface area contributed by atoms with Gasteiger partial charge in [0.25, 0.3) is 0 Å². The van der Waals surface area contributed by atoms with Crippen LogP contribution in [0.5, 0.6) is 0 Å². The van der Waals surface area contributed by atoms with Gasteiger partial charge >= 0.3 is 0 Å². The highest BCUT2D eigenvalue weighted by Crippen LogP contribution is 2.13. The maximum Gasteiger partial charge on any atom is 0.0242 e. The molecule has 13 heavy (non-hydrogen) atoms. The van der Waals surface area contributed by atoms with Crippen LogP contribution >= 0.6 is 0 Å². The van der Waals surface area contributed by atoms with Crippen LogP contribution in [0.25, 0.3) is 0 Å². The zero-order chi connectivity index (χ0) is 9.52. The lowest BCUT2D eigenvalue weighted by Crippen LogP contribution is -2.21. The lowest BCUT2D eigenvalue weighted by Gasteiger charge is -2.14. The number of rotatable bonds is 1. The lowest BCUT2D eigenvalue weighted by atomic mass is 10.0. The minimum absolute atomic E-state index is 0.215. The molecule has 0 fully saturated rings. The number of nitrogens with two attached hydrogens (primary N) is 1. The molecule has 2 nitrogen and oxygen atoms in total. The molecule has 0 aromatic heterocycles. The summed E-state index contributed by atoms with van der Waals surface area (Å²) in [6.45, 7) is 3.18. The topological polar surface area (TPSA) is 38.0 Å². The van der Waals surface area contributed by atoms with Gasteiger partial charge in [-0.15, -0.1) is 0 Å². The van der Waals surface area contributed by atoms with Crippen LogP contribution in [0.15, 0.2) is 11.8 Å². The van der Waals surface area contributed by atoms with Crippen molar-refractivity contribution in [2.24, 2.45) is 5.73 Å². The van der Waals surface area contributed by atoms with Crippen LogP contribution in [0, 0.1) is 0 Å². The van der Waals surface area contributed by atoms with E-state index in [2.05, 4.69) is 18.4 Å². The first-order valence-corrected chi connectivity index (χ1v) is 5.48. The molecule has 2 heteroatoms. The molecule has 1 rings (SSSR count). The molecule has 0 saturated carbocycles. The third-order valence-corrected chi connectivity index (χ3v) is 2.66. The zero-order valence-electron chi connectivity index (χ0n) is 8.68. The van der Waals surface area contributed by atoms with Gasteiger partial charge in [-0.3, -0.25) is 0 Å². The van der Waals surface area contributed by atoms with Crippen molar-refractivity contribution in [1.82, 2.24) is 5.32 Å². The van der Waals surface area contributed by atoms with Gasteiger partial charge in [-0.05, 0) is 38.0 Å². The fourth-order valence-corrected chi connectivity index (χ4v) is 1.72. The maximum atomic E-state index is 5.87. The van der Waals surface area contributed by atoms with Gasteiger partial charge in [0.05, 0.1) is 0 Å². The lowest BCUT2D eigenvalue weighted by molar-refractivity contribution is 0.578. The second-order valence-corrected chi connectivity index (χ2v) is 3.98. The van der Waals surface area contributed by atoms with E-state index in [9.17, 15) is 0 Å². The van der Waals surface area contributed by atoms with Crippen molar-refractivity contribution in [2.75, 3.05) is 6.54 Å². The monoisotopic (exact) mass is 182 g/mol. The van der Waals surface area contributed by atoms with Crippen molar-refractivity contribution in [2.45, 2.75) is 51.5 Å². The normalized spacial score (nSPS) is 26.8. The van der Waals surface area contributed by atoms with Gasteiger partial charge in [0.2, 0.25) is 0 Å². The molecule has 0 saturated heterocycles. The van der Waals surface area contributed by atoms with Crippen LogP contribution in [-0.4, -0.2) is 12.6 Å². The van der Waals surface area contributed by atoms with Crippen LogP contribution in [0.2, 0.25) is 0 Å². The molecule has 0 bridgehead atoms. The van der Waals surface area contributed by atoms with Crippen LogP contribution in [-0.2, 0) is 0 Å². The van der Waals surface area contributed by atoms with Crippen LogP contribution in [0.1, 0.15) is 45.4 Å². The summed E-state index contributed by atoms with van der Waals surface area (Å²) >= 11 is 0. The van der Waals surface area contributed by atoms with Gasteiger partial charge < -0.3 is 11.1 Å². The van der Waals surface area contributed by atoms with Crippen LogP contribution in [0.4, 0.5) is 0 Å². The number of nitrogens with one attached hydrogen (secondary N) is 1. The van der Waals surface area contributed by atoms with Crippen molar-refractivity contribution in [1.29, 1.82) is 0 Å². The molecule has 0 aliphatic carbocycles. The van der Waals surface area contributed by atoms with E-state index in [-0.39, 0.29) is 6.04 Å². The van der Waals surface area contributed by atoms with Gasteiger partial charge in [-0.1, -0.05) is 19.3 Å². The van der Waals surface area contributed by atoms with E-state index < -0.39 is 0 Å². The minimum Gasteiger partial charge on any atom is -0.391 e. The molecule has 0 aromatic carbocycles. The molecular weight excluding hydrogens is 160 g/mol. The summed E-state index contributed by atoms with van der Waals surface area (Å²) in [4.78, 5) is 0. The molecule has 1 unspecified atom stereocenters. The average molecular weight is 182 g/mol. The third kappa shape index (κ3) is 4.32. The van der Waals surface area contributed by atoms with Crippen molar-refractivity contribution in [3.63, 3.8) is 0 Å². The van der Waals surface area contributed by atoms with E-state index in [1.54, 1.807) is 0 Å². The Morgan fingerprint density at radius 3 is 2.69 bits per heavy atom. The third-order valence-electron chi connectivity index (χ3n) is 2.66. The Morgan fingerprint density at radius 1 is 1.23 bits per heavy atom. The van der Waals surface area contributed by atoms with Gasteiger partial charge in [-0.25, -0.2) is 0 Å². The van der Waals surface area contributed by atoms with E-state index >= 15 is 0 Å². The Balaban J connectivity index is 2.42. The Labute approximate surface area is 81.6 Å². The quantitative estimate of drug-likeness (QED) is 0.652. The molecule has 0 spiro atoms. The van der Waals surface area contributed by atoms with E-state index in [1.807, 2.05) is 0 Å². The fraction of sp³-hybridized carbons (Fsp3) is 0.818. The first-order chi connectivity index (χ1) is 6.30. The van der Waals surface area contributed by atoms with Crippen molar-refractivity contribution < 1.29 is 0 Å². The highest BCUT2D eigenvalue weighted by molar-refractivity contribution is 5.07. The van der Waals surface area contributed by atoms with Crippen molar-refractivity contribution in [3.05, 3.63) is 11.8 Å². The number of hydrogen-bond acceptors (Lipinski definition) is 2. The smallest absolute Gasteiger partial charge is 0.0242 e. The maximum absolute atomic E-state index is 5.87. The predicted octanol–water partition coefficient (Wildman–Crippen LogP) is 2.16. The molecule has 0 radical (unpaired) electrons. The summed E-state index contributed by atoms with van der Waals surface area (Å²) in [6, 6.07) is 0.215. The summed E-state index contributed by atoms with van der Waals surface area (Å²) in [5, 5.41) is 3.34.